The average Bonchev–Trinajstić information content (AvgIpc) is 2.87. The Bertz CT molecular complexity index is 524. The first-order valence-corrected chi connectivity index (χ1v) is 5.92. The minimum absolute atomic E-state index is 0.755. The minimum Gasteiger partial charge on any atom is -0.355 e. The summed E-state index contributed by atoms with van der Waals surface area (Å²) < 4.78 is 3.74. The molecule has 0 aliphatic heterocycles. The molecule has 0 saturated heterocycles. The van der Waals surface area contributed by atoms with Gasteiger partial charge in [0.25, 0.3) is 0 Å². The number of aryl methyl sites for hydroxylation is 2. The zero-order chi connectivity index (χ0) is 13.0. The van der Waals surface area contributed by atoms with Crippen molar-refractivity contribution in [1.82, 2.24) is 24.3 Å². The molecule has 0 spiro atoms. The summed E-state index contributed by atoms with van der Waals surface area (Å²) >= 11 is 0. The molecular weight excluding hydrogens is 228 g/mol. The summed E-state index contributed by atoms with van der Waals surface area (Å²) in [5.74, 6) is 1.70. The molecule has 1 N–H and O–H groups in total. The Labute approximate surface area is 106 Å². The molecule has 18 heavy (non-hydrogen) atoms. The summed E-state index contributed by atoms with van der Waals surface area (Å²) in [6, 6.07) is 0. The van der Waals surface area contributed by atoms with Crippen molar-refractivity contribution in [3.8, 4) is 0 Å². The first kappa shape index (κ1) is 12.3. The van der Waals surface area contributed by atoms with Crippen LogP contribution in [-0.2, 0) is 20.0 Å². The third-order valence-electron chi connectivity index (χ3n) is 2.50. The summed E-state index contributed by atoms with van der Waals surface area (Å²) in [6.07, 6.45) is 6.34. The van der Waals surface area contributed by atoms with Gasteiger partial charge in [-0.2, -0.15) is 5.10 Å². The van der Waals surface area contributed by atoms with Gasteiger partial charge in [-0.1, -0.05) is 6.08 Å². The predicted molar refractivity (Wildman–Crippen MR) is 70.4 cm³/mol. The number of rotatable bonds is 6. The summed E-state index contributed by atoms with van der Waals surface area (Å²) in [5, 5.41) is 7.52. The quantitative estimate of drug-likeness (QED) is 0.777. The Morgan fingerprint density at radius 3 is 3.00 bits per heavy atom. The number of nitrogens with zero attached hydrogens (tertiary/aromatic N) is 5. The van der Waals surface area contributed by atoms with Gasteiger partial charge in [0.05, 0.1) is 5.69 Å². The number of nitrogens with one attached hydrogen (secondary N) is 1. The molecule has 0 bridgehead atoms. The highest BCUT2D eigenvalue weighted by Gasteiger charge is 2.04. The molecule has 0 aliphatic rings. The van der Waals surface area contributed by atoms with E-state index in [0.717, 1.165) is 37.0 Å². The Morgan fingerprint density at radius 1 is 1.50 bits per heavy atom. The smallest absolute Gasteiger partial charge is 0.203 e. The lowest BCUT2D eigenvalue weighted by Crippen LogP contribution is -2.11. The van der Waals surface area contributed by atoms with Crippen LogP contribution in [0.1, 0.15) is 11.5 Å². The third-order valence-corrected chi connectivity index (χ3v) is 2.50. The van der Waals surface area contributed by atoms with Gasteiger partial charge >= 0.3 is 0 Å². The maximum atomic E-state index is 4.42. The lowest BCUT2D eigenvalue weighted by molar-refractivity contribution is 0.739. The van der Waals surface area contributed by atoms with E-state index in [4.69, 9.17) is 0 Å². The van der Waals surface area contributed by atoms with Crippen LogP contribution in [0.15, 0.2) is 25.2 Å². The van der Waals surface area contributed by atoms with Crippen LogP contribution in [0.2, 0.25) is 0 Å². The summed E-state index contributed by atoms with van der Waals surface area (Å²) in [6.45, 7) is 7.23. The summed E-state index contributed by atoms with van der Waals surface area (Å²) in [4.78, 5) is 8.60. The van der Waals surface area contributed by atoms with E-state index in [2.05, 4.69) is 27.0 Å². The average molecular weight is 246 g/mol. The molecule has 2 heterocycles. The third kappa shape index (κ3) is 2.97. The van der Waals surface area contributed by atoms with Gasteiger partial charge in [-0.25, -0.2) is 9.97 Å². The van der Waals surface area contributed by atoms with Gasteiger partial charge in [0, 0.05) is 32.8 Å². The van der Waals surface area contributed by atoms with Crippen LogP contribution in [0, 0.1) is 6.92 Å². The lowest BCUT2D eigenvalue weighted by Gasteiger charge is -2.06. The van der Waals surface area contributed by atoms with E-state index in [1.54, 1.807) is 11.0 Å². The van der Waals surface area contributed by atoms with E-state index in [9.17, 15) is 0 Å². The first-order chi connectivity index (χ1) is 8.69. The second-order valence-corrected chi connectivity index (χ2v) is 4.16. The van der Waals surface area contributed by atoms with E-state index in [-0.39, 0.29) is 0 Å². The molecule has 0 atom stereocenters. The van der Waals surface area contributed by atoms with Gasteiger partial charge in [-0.15, -0.1) is 6.58 Å². The van der Waals surface area contributed by atoms with Crippen molar-refractivity contribution in [2.75, 3.05) is 11.9 Å². The van der Waals surface area contributed by atoms with Crippen molar-refractivity contribution in [3.63, 3.8) is 0 Å². The van der Waals surface area contributed by atoms with Crippen LogP contribution in [-0.4, -0.2) is 30.9 Å². The standard InChI is InChI=1S/C12H18N6/c1-4-7-18-8-10(2)15-12(18)13-6-5-11-14-9-17(3)16-11/h4,8-9H,1,5-7H2,2-3H3,(H,13,15). The number of aromatic nitrogens is 5. The number of hydrogen-bond acceptors (Lipinski definition) is 4. The molecule has 0 saturated carbocycles. The molecule has 0 aliphatic carbocycles. The van der Waals surface area contributed by atoms with Crippen molar-refractivity contribution >= 4 is 5.95 Å². The predicted octanol–water partition coefficient (Wildman–Crippen LogP) is 1.16. The van der Waals surface area contributed by atoms with E-state index in [1.807, 2.05) is 30.8 Å². The van der Waals surface area contributed by atoms with Gasteiger partial charge in [-0.3, -0.25) is 4.68 Å². The normalized spacial score (nSPS) is 10.6. The number of allylic oxidation sites excluding steroid dienone is 1. The van der Waals surface area contributed by atoms with Gasteiger partial charge < -0.3 is 9.88 Å². The highest BCUT2D eigenvalue weighted by atomic mass is 15.3. The molecule has 0 radical (unpaired) electrons. The molecule has 0 aromatic carbocycles. The van der Waals surface area contributed by atoms with Crippen molar-refractivity contribution in [2.45, 2.75) is 19.9 Å². The van der Waals surface area contributed by atoms with Crippen molar-refractivity contribution in [3.05, 3.63) is 36.7 Å². The fourth-order valence-corrected chi connectivity index (χ4v) is 1.75. The molecule has 2 aromatic heterocycles. The maximum Gasteiger partial charge on any atom is 0.203 e. The van der Waals surface area contributed by atoms with Crippen LogP contribution >= 0.6 is 0 Å². The largest absolute Gasteiger partial charge is 0.355 e. The van der Waals surface area contributed by atoms with Crippen LogP contribution in [0.3, 0.4) is 0 Å². The zero-order valence-corrected chi connectivity index (χ0v) is 10.8. The molecule has 0 fully saturated rings. The Kier molecular flexibility index (Phi) is 3.76. The first-order valence-electron chi connectivity index (χ1n) is 5.92. The number of hydrogen-bond donors (Lipinski definition) is 1. The van der Waals surface area contributed by atoms with Crippen molar-refractivity contribution < 1.29 is 0 Å². The fraction of sp³-hybridized carbons (Fsp3) is 0.417. The fourth-order valence-electron chi connectivity index (χ4n) is 1.75. The van der Waals surface area contributed by atoms with Crippen molar-refractivity contribution in [1.29, 1.82) is 0 Å². The second kappa shape index (κ2) is 5.48. The van der Waals surface area contributed by atoms with E-state index in [0.29, 0.717) is 0 Å². The molecule has 6 nitrogen and oxygen atoms in total. The zero-order valence-electron chi connectivity index (χ0n) is 10.8. The Balaban J connectivity index is 1.91. The van der Waals surface area contributed by atoms with E-state index >= 15 is 0 Å². The molecule has 2 aromatic rings. The molecule has 0 amide bonds. The SMILES string of the molecule is C=CCn1cc(C)nc1NCCc1ncn(C)n1. The molecule has 2 rings (SSSR count). The molecule has 6 heteroatoms. The Hall–Kier alpha value is -2.11. The maximum absolute atomic E-state index is 4.42. The topological polar surface area (TPSA) is 60.6 Å². The Morgan fingerprint density at radius 2 is 2.33 bits per heavy atom. The van der Waals surface area contributed by atoms with Gasteiger partial charge in [-0.05, 0) is 6.92 Å². The monoisotopic (exact) mass is 246 g/mol. The van der Waals surface area contributed by atoms with Crippen LogP contribution in [0.5, 0.6) is 0 Å². The minimum atomic E-state index is 0.755. The van der Waals surface area contributed by atoms with Crippen LogP contribution in [0.4, 0.5) is 5.95 Å². The van der Waals surface area contributed by atoms with E-state index < -0.39 is 0 Å². The highest BCUT2D eigenvalue weighted by Crippen LogP contribution is 2.08. The van der Waals surface area contributed by atoms with E-state index in [1.165, 1.54) is 0 Å². The number of imidazole rings is 1. The number of anilines is 1. The highest BCUT2D eigenvalue weighted by molar-refractivity contribution is 5.29. The van der Waals surface area contributed by atoms with Gasteiger partial charge in [0.15, 0.2) is 5.82 Å². The van der Waals surface area contributed by atoms with Crippen molar-refractivity contribution in [2.24, 2.45) is 7.05 Å². The molecule has 0 unspecified atom stereocenters. The van der Waals surface area contributed by atoms with Gasteiger partial charge in [0.2, 0.25) is 5.95 Å². The van der Waals surface area contributed by atoms with Crippen LogP contribution < -0.4 is 5.32 Å². The second-order valence-electron chi connectivity index (χ2n) is 4.16. The molecular formula is C12H18N6. The van der Waals surface area contributed by atoms with Crippen LogP contribution in [0.25, 0.3) is 0 Å². The lowest BCUT2D eigenvalue weighted by atomic mass is 10.4. The summed E-state index contributed by atoms with van der Waals surface area (Å²) in [5.41, 5.74) is 0.996. The summed E-state index contributed by atoms with van der Waals surface area (Å²) in [7, 11) is 1.87. The van der Waals surface area contributed by atoms with Gasteiger partial charge in [0.1, 0.15) is 6.33 Å². The molecule has 96 valence electrons.